The van der Waals surface area contributed by atoms with Crippen LogP contribution in [0.25, 0.3) is 22.4 Å². The molecular formula is C39H45ClN6O6. The van der Waals surface area contributed by atoms with Gasteiger partial charge in [0.2, 0.25) is 11.8 Å². The molecule has 0 bridgehead atoms. The number of methoxy groups -OCH3 is 3. The van der Waals surface area contributed by atoms with E-state index in [0.29, 0.717) is 64.9 Å². The summed E-state index contributed by atoms with van der Waals surface area (Å²) in [7, 11) is 4.78. The SMILES string of the molecule is COc1cc(Nc2cccc(-c3cccc(-c4ccc(CN5CCC(CC(=O)O)CC5)c(OC)n4)c3Cl)c2C=N)nc(OC)c1CN1CCC(O)C1. The van der Waals surface area contributed by atoms with Crippen LogP contribution in [0.15, 0.2) is 54.6 Å². The molecule has 4 aromatic rings. The Kier molecular flexibility index (Phi) is 11.9. The third-order valence-corrected chi connectivity index (χ3v) is 10.3. The monoisotopic (exact) mass is 728 g/mol. The van der Waals surface area contributed by atoms with Crippen molar-refractivity contribution in [3.05, 3.63) is 76.3 Å². The van der Waals surface area contributed by atoms with Crippen LogP contribution in [0.1, 0.15) is 42.4 Å². The predicted molar refractivity (Wildman–Crippen MR) is 201 cm³/mol. The van der Waals surface area contributed by atoms with Crippen LogP contribution < -0.4 is 19.5 Å². The maximum Gasteiger partial charge on any atom is 0.303 e. The molecule has 0 radical (unpaired) electrons. The highest BCUT2D eigenvalue weighted by atomic mass is 35.5. The summed E-state index contributed by atoms with van der Waals surface area (Å²) in [6, 6.07) is 17.2. The van der Waals surface area contributed by atoms with Crippen molar-refractivity contribution in [3.8, 4) is 39.9 Å². The largest absolute Gasteiger partial charge is 0.496 e. The van der Waals surface area contributed by atoms with Crippen LogP contribution in [0, 0.1) is 11.3 Å². The number of halogens is 1. The van der Waals surface area contributed by atoms with E-state index in [2.05, 4.69) is 15.1 Å². The van der Waals surface area contributed by atoms with Crippen molar-refractivity contribution in [2.45, 2.75) is 44.9 Å². The number of rotatable bonds is 14. The molecule has 4 N–H and O–H groups in total. The Balaban J connectivity index is 1.25. The first kappa shape index (κ1) is 37.0. The van der Waals surface area contributed by atoms with Gasteiger partial charge in [0.05, 0.1) is 43.7 Å². The number of anilines is 2. The van der Waals surface area contributed by atoms with Crippen molar-refractivity contribution in [3.63, 3.8) is 0 Å². The highest BCUT2D eigenvalue weighted by Gasteiger charge is 2.26. The third kappa shape index (κ3) is 8.31. The first-order chi connectivity index (χ1) is 25.2. The second-order valence-corrected chi connectivity index (χ2v) is 13.6. The van der Waals surface area contributed by atoms with Crippen molar-refractivity contribution in [1.29, 1.82) is 5.41 Å². The van der Waals surface area contributed by atoms with Gasteiger partial charge in [0, 0.05) is 72.8 Å². The molecule has 6 rings (SSSR count). The van der Waals surface area contributed by atoms with E-state index in [1.54, 1.807) is 21.3 Å². The number of aromatic nitrogens is 2. The van der Waals surface area contributed by atoms with Gasteiger partial charge in [-0.1, -0.05) is 48.0 Å². The molecule has 2 aromatic heterocycles. The van der Waals surface area contributed by atoms with Crippen molar-refractivity contribution < 1.29 is 29.2 Å². The minimum atomic E-state index is -0.738. The summed E-state index contributed by atoms with van der Waals surface area (Å²) in [6.07, 6.45) is 3.61. The number of carboxylic acid groups (broad SMARTS) is 1. The quantitative estimate of drug-likeness (QED) is 0.106. The lowest BCUT2D eigenvalue weighted by Gasteiger charge is -2.31. The number of hydrogen-bond donors (Lipinski definition) is 4. The molecule has 0 spiro atoms. The number of piperidine rings is 1. The Morgan fingerprint density at radius 1 is 0.923 bits per heavy atom. The first-order valence-corrected chi connectivity index (χ1v) is 17.8. The van der Waals surface area contributed by atoms with Crippen LogP contribution >= 0.6 is 11.6 Å². The van der Waals surface area contributed by atoms with Gasteiger partial charge in [-0.25, -0.2) is 4.98 Å². The minimum absolute atomic E-state index is 0.215. The van der Waals surface area contributed by atoms with Crippen molar-refractivity contribution >= 4 is 35.3 Å². The number of carboxylic acids is 1. The highest BCUT2D eigenvalue weighted by molar-refractivity contribution is 6.36. The maximum atomic E-state index is 11.1. The van der Waals surface area contributed by atoms with Crippen LogP contribution in [-0.4, -0.2) is 95.8 Å². The average molecular weight is 729 g/mol. The van der Waals surface area contributed by atoms with E-state index in [0.717, 1.165) is 66.7 Å². The molecule has 2 fully saturated rings. The summed E-state index contributed by atoms with van der Waals surface area (Å²) >= 11 is 7.14. The number of carbonyl (C=O) groups is 1. The van der Waals surface area contributed by atoms with Crippen molar-refractivity contribution in [1.82, 2.24) is 19.8 Å². The minimum Gasteiger partial charge on any atom is -0.496 e. The molecule has 2 aromatic carbocycles. The average Bonchev–Trinajstić information content (AvgIpc) is 3.56. The first-order valence-electron chi connectivity index (χ1n) is 17.4. The third-order valence-electron chi connectivity index (χ3n) is 9.86. The lowest BCUT2D eigenvalue weighted by Crippen LogP contribution is -2.34. The van der Waals surface area contributed by atoms with Crippen LogP contribution in [0.2, 0.25) is 5.02 Å². The van der Waals surface area contributed by atoms with Gasteiger partial charge < -0.3 is 35.1 Å². The number of pyridine rings is 2. The number of benzene rings is 2. The molecule has 13 heteroatoms. The van der Waals surface area contributed by atoms with Gasteiger partial charge in [-0.3, -0.25) is 14.6 Å². The number of ether oxygens (including phenoxy) is 3. The zero-order valence-electron chi connectivity index (χ0n) is 29.7. The molecule has 1 atom stereocenters. The summed E-state index contributed by atoms with van der Waals surface area (Å²) in [4.78, 5) is 25.2. The molecule has 4 heterocycles. The highest BCUT2D eigenvalue weighted by Crippen LogP contribution is 2.40. The second kappa shape index (κ2) is 16.7. The van der Waals surface area contributed by atoms with Gasteiger partial charge in [-0.15, -0.1) is 0 Å². The zero-order chi connectivity index (χ0) is 36.8. The lowest BCUT2D eigenvalue weighted by molar-refractivity contribution is -0.138. The Bertz CT molecular complexity index is 1890. The molecule has 2 aliphatic rings. The van der Waals surface area contributed by atoms with E-state index in [4.69, 9.17) is 46.3 Å². The van der Waals surface area contributed by atoms with Crippen LogP contribution in [0.3, 0.4) is 0 Å². The van der Waals surface area contributed by atoms with Gasteiger partial charge in [-0.2, -0.15) is 4.98 Å². The standard InChI is InChI=1S/C39H45ClN6O6/c1-50-34-19-35(44-39(52-3)31(34)23-46-17-14-26(47)22-46)42-32-9-5-6-27(30(32)20-41)28-7-4-8-29(37(28)40)33-11-10-25(38(43-33)51-2)21-45-15-12-24(13-16-45)18-36(48)49/h4-11,19-20,24,26,41,47H,12-18,21-23H2,1-3H3,(H,42,44)(H,48,49). The Labute approximate surface area is 308 Å². The summed E-state index contributed by atoms with van der Waals surface area (Å²) in [5.74, 6) is 1.50. The van der Waals surface area contributed by atoms with E-state index in [1.165, 1.54) is 6.21 Å². The number of aliphatic hydroxyl groups excluding tert-OH is 1. The molecular weight excluding hydrogens is 684 g/mol. The van der Waals surface area contributed by atoms with E-state index in [1.807, 2.05) is 54.6 Å². The number of hydrogen-bond acceptors (Lipinski definition) is 11. The van der Waals surface area contributed by atoms with E-state index < -0.39 is 5.97 Å². The summed E-state index contributed by atoms with van der Waals surface area (Å²) in [5.41, 5.74) is 5.89. The molecule has 1 unspecified atom stereocenters. The summed E-state index contributed by atoms with van der Waals surface area (Å²) in [5, 5.41) is 31.4. The summed E-state index contributed by atoms with van der Waals surface area (Å²) < 4.78 is 17.2. The van der Waals surface area contributed by atoms with Gasteiger partial charge in [0.15, 0.2) is 0 Å². The van der Waals surface area contributed by atoms with E-state index in [9.17, 15) is 9.90 Å². The fourth-order valence-electron chi connectivity index (χ4n) is 7.16. The van der Waals surface area contributed by atoms with Crippen molar-refractivity contribution in [2.75, 3.05) is 52.8 Å². The Morgan fingerprint density at radius 3 is 2.31 bits per heavy atom. The van der Waals surface area contributed by atoms with Gasteiger partial charge in [-0.05, 0) is 56.0 Å². The number of nitrogens with one attached hydrogen (secondary N) is 2. The second-order valence-electron chi connectivity index (χ2n) is 13.3. The van der Waals surface area contributed by atoms with Crippen LogP contribution in [0.5, 0.6) is 17.5 Å². The zero-order valence-corrected chi connectivity index (χ0v) is 30.4. The molecule has 12 nitrogen and oxygen atoms in total. The summed E-state index contributed by atoms with van der Waals surface area (Å²) in [6.45, 7) is 4.20. The predicted octanol–water partition coefficient (Wildman–Crippen LogP) is 6.48. The topological polar surface area (TPSA) is 153 Å². The number of likely N-dealkylation sites (tertiary alicyclic amines) is 2. The van der Waals surface area contributed by atoms with Crippen molar-refractivity contribution in [2.24, 2.45) is 5.92 Å². The number of aliphatic carboxylic acids is 1. The molecule has 52 heavy (non-hydrogen) atoms. The molecule has 2 saturated heterocycles. The number of nitrogens with zero attached hydrogens (tertiary/aromatic N) is 4. The fraction of sp³-hybridized carbons (Fsp3) is 0.385. The normalized spacial score (nSPS) is 16.8. The van der Waals surface area contributed by atoms with Gasteiger partial charge >= 0.3 is 5.97 Å². The van der Waals surface area contributed by atoms with E-state index >= 15 is 0 Å². The molecule has 0 saturated carbocycles. The number of β-amino-alcohol motifs (C(OH)–C–C–N with tert-alkyl or cyclic N) is 1. The smallest absolute Gasteiger partial charge is 0.303 e. The Hall–Kier alpha value is -4.75. The molecule has 274 valence electrons. The molecule has 0 aliphatic carbocycles. The molecule has 2 aliphatic heterocycles. The lowest BCUT2D eigenvalue weighted by atomic mass is 9.93. The van der Waals surface area contributed by atoms with Crippen LogP contribution in [0.4, 0.5) is 11.5 Å². The fourth-order valence-corrected chi connectivity index (χ4v) is 7.48. The number of aliphatic hydroxyl groups is 1. The van der Waals surface area contributed by atoms with Gasteiger partial charge in [0.1, 0.15) is 11.6 Å². The van der Waals surface area contributed by atoms with Crippen LogP contribution in [-0.2, 0) is 17.9 Å². The Morgan fingerprint density at radius 2 is 1.63 bits per heavy atom. The van der Waals surface area contributed by atoms with Gasteiger partial charge in [0.25, 0.3) is 0 Å². The molecule has 0 amide bonds. The maximum absolute atomic E-state index is 11.1. The van der Waals surface area contributed by atoms with E-state index in [-0.39, 0.29) is 18.4 Å².